The maximum atomic E-state index is 15.2. The van der Waals surface area contributed by atoms with E-state index < -0.39 is 0 Å². The molecule has 5 heteroatoms. The molecule has 0 saturated carbocycles. The largest absolute Gasteiger partial charge is 0.337 e. The lowest BCUT2D eigenvalue weighted by atomic mass is 10.0. The molecular formula is C29H32FN3O. The molecule has 0 unspecified atom stereocenters. The fourth-order valence-electron chi connectivity index (χ4n) is 4.20. The van der Waals surface area contributed by atoms with Crippen molar-refractivity contribution in [2.45, 2.75) is 58.8 Å². The van der Waals surface area contributed by atoms with Crippen molar-refractivity contribution in [1.29, 1.82) is 0 Å². The number of halogens is 1. The van der Waals surface area contributed by atoms with Crippen LogP contribution in [0, 0.1) is 17.7 Å². The Bertz CT molecular complexity index is 1210. The van der Waals surface area contributed by atoms with Gasteiger partial charge in [0.1, 0.15) is 11.5 Å². The Balaban J connectivity index is 1.76. The van der Waals surface area contributed by atoms with Gasteiger partial charge >= 0.3 is 0 Å². The van der Waals surface area contributed by atoms with Crippen LogP contribution in [0.3, 0.4) is 0 Å². The fourth-order valence-corrected chi connectivity index (χ4v) is 4.20. The zero-order valence-corrected chi connectivity index (χ0v) is 20.3. The van der Waals surface area contributed by atoms with Gasteiger partial charge < -0.3 is 4.90 Å². The lowest BCUT2D eigenvalue weighted by Gasteiger charge is -2.25. The predicted octanol–water partition coefficient (Wildman–Crippen LogP) is 6.58. The number of hydrogen-bond acceptors (Lipinski definition) is 2. The van der Waals surface area contributed by atoms with E-state index in [2.05, 4.69) is 23.9 Å². The Morgan fingerprint density at radius 2 is 1.79 bits per heavy atom. The number of carbonyl (C=O) groups excluding carboxylic acids is 1. The van der Waals surface area contributed by atoms with Crippen molar-refractivity contribution in [3.8, 4) is 28.8 Å². The van der Waals surface area contributed by atoms with E-state index in [9.17, 15) is 4.79 Å². The van der Waals surface area contributed by atoms with Gasteiger partial charge in [-0.2, -0.15) is 5.10 Å². The van der Waals surface area contributed by atoms with Gasteiger partial charge in [0.05, 0.1) is 5.69 Å². The summed E-state index contributed by atoms with van der Waals surface area (Å²) >= 11 is 0. The molecular weight excluding hydrogens is 425 g/mol. The molecule has 1 aromatic heterocycles. The van der Waals surface area contributed by atoms with Crippen molar-refractivity contribution in [2.24, 2.45) is 0 Å². The minimum Gasteiger partial charge on any atom is -0.337 e. The van der Waals surface area contributed by atoms with E-state index >= 15 is 4.39 Å². The highest BCUT2D eigenvalue weighted by Crippen LogP contribution is 2.28. The molecule has 0 N–H and O–H groups in total. The summed E-state index contributed by atoms with van der Waals surface area (Å²) in [6.45, 7) is 7.66. The first-order valence-corrected chi connectivity index (χ1v) is 12.3. The number of aromatic nitrogens is 2. The molecule has 1 aliphatic rings. The van der Waals surface area contributed by atoms with Crippen LogP contribution in [0.15, 0.2) is 48.5 Å². The summed E-state index contributed by atoms with van der Waals surface area (Å²) in [5, 5.41) is 4.61. The van der Waals surface area contributed by atoms with Crippen LogP contribution >= 0.6 is 0 Å². The summed E-state index contributed by atoms with van der Waals surface area (Å²) < 4.78 is 16.8. The quantitative estimate of drug-likeness (QED) is 0.406. The van der Waals surface area contributed by atoms with Crippen molar-refractivity contribution < 1.29 is 9.18 Å². The molecule has 4 nitrogen and oxygen atoms in total. The van der Waals surface area contributed by atoms with Crippen molar-refractivity contribution >= 4 is 5.91 Å². The first-order chi connectivity index (χ1) is 16.5. The standard InChI is InChI=1S/C29H32FN3O/c1-4-5-7-10-22-11-13-23(14-12-22)28-20-26(29(34)32-17-8-6-9-18-32)31-33(28)27-16-15-24(21(2)3)19-25(27)30/h11-16,19-21H,4-6,8-9,17-18H2,1-3H3. The lowest BCUT2D eigenvalue weighted by molar-refractivity contribution is 0.0718. The van der Waals surface area contributed by atoms with Gasteiger partial charge in [0.25, 0.3) is 5.91 Å². The van der Waals surface area contributed by atoms with E-state index in [1.54, 1.807) is 22.9 Å². The first-order valence-electron chi connectivity index (χ1n) is 12.3. The average Bonchev–Trinajstić information content (AvgIpc) is 3.29. The maximum Gasteiger partial charge on any atom is 0.274 e. The molecule has 2 heterocycles. The first kappa shape index (κ1) is 23.8. The molecule has 1 aliphatic heterocycles. The van der Waals surface area contributed by atoms with Crippen LogP contribution in [0.1, 0.15) is 80.4 Å². The number of rotatable bonds is 5. The van der Waals surface area contributed by atoms with E-state index in [0.717, 1.165) is 61.9 Å². The SMILES string of the molecule is CCCC#Cc1ccc(-c2cc(C(=O)N3CCCCC3)nn2-c2ccc(C(C)C)cc2F)cc1. The molecule has 1 fully saturated rings. The number of piperidine rings is 1. The van der Waals surface area contributed by atoms with Gasteiger partial charge in [-0.15, -0.1) is 0 Å². The molecule has 2 aromatic carbocycles. The number of amides is 1. The molecule has 1 amide bonds. The number of hydrogen-bond donors (Lipinski definition) is 0. The van der Waals surface area contributed by atoms with Crippen molar-refractivity contribution in [1.82, 2.24) is 14.7 Å². The minimum atomic E-state index is -0.352. The number of carbonyl (C=O) groups is 1. The Labute approximate surface area is 201 Å². The summed E-state index contributed by atoms with van der Waals surface area (Å²) in [5.74, 6) is 6.10. The summed E-state index contributed by atoms with van der Waals surface area (Å²) in [5.41, 5.74) is 4.08. The highest BCUT2D eigenvalue weighted by molar-refractivity contribution is 5.93. The van der Waals surface area contributed by atoms with Gasteiger partial charge in [-0.05, 0) is 67.5 Å². The third kappa shape index (κ3) is 5.22. The highest BCUT2D eigenvalue weighted by atomic mass is 19.1. The zero-order valence-electron chi connectivity index (χ0n) is 20.3. The predicted molar refractivity (Wildman–Crippen MR) is 135 cm³/mol. The molecule has 0 atom stereocenters. The highest BCUT2D eigenvalue weighted by Gasteiger charge is 2.24. The molecule has 0 bridgehead atoms. The van der Waals surface area contributed by atoms with Crippen LogP contribution in [0.4, 0.5) is 4.39 Å². The van der Waals surface area contributed by atoms with Crippen LogP contribution in [-0.2, 0) is 0 Å². The summed E-state index contributed by atoms with van der Waals surface area (Å²) in [6.07, 6.45) is 5.04. The van der Waals surface area contributed by atoms with Crippen LogP contribution in [0.2, 0.25) is 0 Å². The van der Waals surface area contributed by atoms with E-state index in [4.69, 9.17) is 0 Å². The van der Waals surface area contributed by atoms with E-state index in [1.165, 1.54) is 0 Å². The number of nitrogens with zero attached hydrogens (tertiary/aromatic N) is 3. The number of likely N-dealkylation sites (tertiary alicyclic amines) is 1. The number of benzene rings is 2. The van der Waals surface area contributed by atoms with Crippen LogP contribution < -0.4 is 0 Å². The van der Waals surface area contributed by atoms with Gasteiger partial charge in [0.15, 0.2) is 5.69 Å². The monoisotopic (exact) mass is 457 g/mol. The van der Waals surface area contributed by atoms with Gasteiger partial charge in [-0.1, -0.05) is 50.8 Å². The molecule has 4 rings (SSSR count). The number of unbranched alkanes of at least 4 members (excludes halogenated alkanes) is 1. The second kappa shape index (κ2) is 10.7. The molecule has 1 saturated heterocycles. The second-order valence-corrected chi connectivity index (χ2v) is 9.17. The molecule has 176 valence electrons. The van der Waals surface area contributed by atoms with Gasteiger partial charge in [0.2, 0.25) is 0 Å². The third-order valence-electron chi connectivity index (χ3n) is 6.23. The fraction of sp³-hybridized carbons (Fsp3) is 0.379. The summed E-state index contributed by atoms with van der Waals surface area (Å²) in [6, 6.07) is 14.8. The lowest BCUT2D eigenvalue weighted by Crippen LogP contribution is -2.35. The van der Waals surface area contributed by atoms with E-state index in [-0.39, 0.29) is 17.6 Å². The Hall–Kier alpha value is -3.39. The Kier molecular flexibility index (Phi) is 7.47. The van der Waals surface area contributed by atoms with Crippen LogP contribution in [0.5, 0.6) is 0 Å². The van der Waals surface area contributed by atoms with Crippen molar-refractivity contribution in [3.63, 3.8) is 0 Å². The van der Waals surface area contributed by atoms with E-state index in [0.29, 0.717) is 17.1 Å². The van der Waals surface area contributed by atoms with Crippen molar-refractivity contribution in [3.05, 3.63) is 71.2 Å². The molecule has 34 heavy (non-hydrogen) atoms. The second-order valence-electron chi connectivity index (χ2n) is 9.17. The van der Waals surface area contributed by atoms with E-state index in [1.807, 2.05) is 49.1 Å². The Morgan fingerprint density at radius 1 is 1.06 bits per heavy atom. The third-order valence-corrected chi connectivity index (χ3v) is 6.23. The summed E-state index contributed by atoms with van der Waals surface area (Å²) in [7, 11) is 0. The van der Waals surface area contributed by atoms with Crippen LogP contribution in [-0.4, -0.2) is 33.7 Å². The minimum absolute atomic E-state index is 0.0963. The smallest absolute Gasteiger partial charge is 0.274 e. The van der Waals surface area contributed by atoms with Gasteiger partial charge in [-0.3, -0.25) is 4.79 Å². The molecule has 0 spiro atoms. The molecule has 0 radical (unpaired) electrons. The van der Waals surface area contributed by atoms with Crippen molar-refractivity contribution in [2.75, 3.05) is 13.1 Å². The molecule has 3 aromatic rings. The van der Waals surface area contributed by atoms with Gasteiger partial charge in [-0.25, -0.2) is 9.07 Å². The normalized spacial score (nSPS) is 13.6. The van der Waals surface area contributed by atoms with Crippen LogP contribution in [0.25, 0.3) is 16.9 Å². The topological polar surface area (TPSA) is 38.1 Å². The zero-order chi connectivity index (χ0) is 24.1. The summed E-state index contributed by atoms with van der Waals surface area (Å²) in [4.78, 5) is 15.0. The van der Waals surface area contributed by atoms with Gasteiger partial charge in [0, 0.05) is 30.6 Å². The molecule has 0 aliphatic carbocycles. The average molecular weight is 458 g/mol. The maximum absolute atomic E-state index is 15.2. The Morgan fingerprint density at radius 3 is 2.44 bits per heavy atom.